The van der Waals surface area contributed by atoms with Gasteiger partial charge in [0.05, 0.1) is 0 Å². The fourth-order valence-corrected chi connectivity index (χ4v) is 4.71. The minimum Gasteiger partial charge on any atom is -0.461 e. The lowest BCUT2D eigenvalue weighted by Crippen LogP contribution is -2.41. The maximum absolute atomic E-state index is 12.9. The number of nitrogens with one attached hydrogen (secondary N) is 3. The molecule has 0 aromatic heterocycles. The molecular formula is C30H39N3O6. The number of carbonyl (C=O) groups excluding carboxylic acids is 4. The Morgan fingerprint density at radius 1 is 0.872 bits per heavy atom. The second-order valence-electron chi connectivity index (χ2n) is 10.00. The molecule has 0 aliphatic heterocycles. The van der Waals surface area contributed by atoms with Crippen LogP contribution < -0.4 is 16.1 Å². The zero-order valence-corrected chi connectivity index (χ0v) is 22.3. The van der Waals surface area contributed by atoms with Crippen LogP contribution >= 0.6 is 0 Å². The van der Waals surface area contributed by atoms with E-state index in [-0.39, 0.29) is 24.9 Å². The molecule has 0 heterocycles. The third kappa shape index (κ3) is 10.9. The highest BCUT2D eigenvalue weighted by atomic mass is 16.5. The molecule has 0 radical (unpaired) electrons. The molecule has 1 aliphatic rings. The quantitative estimate of drug-likeness (QED) is 0.113. The molecule has 210 valence electrons. The summed E-state index contributed by atoms with van der Waals surface area (Å²) in [6.07, 6.45) is 7.86. The van der Waals surface area contributed by atoms with Gasteiger partial charge in [-0.1, -0.05) is 67.4 Å². The molecule has 9 heteroatoms. The number of carbonyl (C=O) groups is 4. The number of hydrogen-bond donors (Lipinski definition) is 4. The maximum Gasteiger partial charge on any atom is 0.333 e. The SMILES string of the molecule is O=C(CCCCCCC(=O)NO)Cc1cccc(CNC(=O)N[C@H](C(=O)OC2CCCC2)c2ccccc2)c1. The largest absolute Gasteiger partial charge is 0.461 e. The Bertz CT molecular complexity index is 1090. The molecule has 1 aliphatic carbocycles. The topological polar surface area (TPSA) is 134 Å². The van der Waals surface area contributed by atoms with Crippen molar-refractivity contribution in [1.82, 2.24) is 16.1 Å². The maximum atomic E-state index is 12.9. The number of hydroxylamine groups is 1. The summed E-state index contributed by atoms with van der Waals surface area (Å²) < 4.78 is 5.67. The van der Waals surface area contributed by atoms with Crippen molar-refractivity contribution in [2.24, 2.45) is 0 Å². The number of benzene rings is 2. The molecule has 39 heavy (non-hydrogen) atoms. The van der Waals surface area contributed by atoms with Crippen molar-refractivity contribution in [2.75, 3.05) is 0 Å². The fraction of sp³-hybridized carbons (Fsp3) is 0.467. The number of hydrogen-bond acceptors (Lipinski definition) is 6. The van der Waals surface area contributed by atoms with Gasteiger partial charge in [0.25, 0.3) is 0 Å². The van der Waals surface area contributed by atoms with Crippen molar-refractivity contribution < 1.29 is 29.1 Å². The summed E-state index contributed by atoms with van der Waals surface area (Å²) in [5, 5.41) is 14.1. The van der Waals surface area contributed by atoms with E-state index in [1.165, 1.54) is 0 Å². The van der Waals surface area contributed by atoms with Gasteiger partial charge in [-0.2, -0.15) is 0 Å². The third-order valence-electron chi connectivity index (χ3n) is 6.81. The molecule has 2 aromatic carbocycles. The number of unbranched alkanes of at least 4 members (excludes halogenated alkanes) is 3. The first-order valence-corrected chi connectivity index (χ1v) is 13.8. The van der Waals surface area contributed by atoms with Crippen molar-refractivity contribution in [1.29, 1.82) is 0 Å². The Labute approximate surface area is 229 Å². The summed E-state index contributed by atoms with van der Waals surface area (Å²) in [5.41, 5.74) is 4.00. The van der Waals surface area contributed by atoms with Gasteiger partial charge in [0.2, 0.25) is 5.91 Å². The van der Waals surface area contributed by atoms with Crippen LogP contribution in [0.15, 0.2) is 54.6 Å². The Morgan fingerprint density at radius 2 is 1.56 bits per heavy atom. The van der Waals surface area contributed by atoms with E-state index < -0.39 is 23.9 Å². The van der Waals surface area contributed by atoms with Crippen molar-refractivity contribution in [2.45, 2.75) is 89.3 Å². The van der Waals surface area contributed by atoms with Crippen LogP contribution in [0.4, 0.5) is 4.79 Å². The standard InChI is InChI=1S/C30H39N3O6/c34-25(15-6-1-2-7-18-27(35)33-38)20-22-11-10-12-23(19-22)21-31-30(37)32-28(24-13-4-3-5-14-24)29(36)39-26-16-8-9-17-26/h3-5,10-14,19,26,28,38H,1-2,6-9,15-18,20-21H2,(H,33,35)(H2,31,32,37)/t28-/m0/s1. The molecule has 2 aromatic rings. The van der Waals surface area contributed by atoms with Crippen LogP contribution in [0.3, 0.4) is 0 Å². The molecule has 0 spiro atoms. The molecule has 0 bridgehead atoms. The minimum atomic E-state index is -0.900. The zero-order chi connectivity index (χ0) is 27.9. The molecule has 1 atom stereocenters. The summed E-state index contributed by atoms with van der Waals surface area (Å²) in [5.74, 6) is -0.715. The summed E-state index contributed by atoms with van der Waals surface area (Å²) in [6.45, 7) is 0.245. The molecule has 0 unspecified atom stereocenters. The number of urea groups is 1. The van der Waals surface area contributed by atoms with Crippen molar-refractivity contribution in [3.8, 4) is 0 Å². The predicted octanol–water partition coefficient (Wildman–Crippen LogP) is 4.67. The molecule has 4 N–H and O–H groups in total. The highest BCUT2D eigenvalue weighted by molar-refractivity contribution is 5.85. The first-order valence-electron chi connectivity index (χ1n) is 13.8. The van der Waals surface area contributed by atoms with Gasteiger partial charge in [-0.05, 0) is 55.2 Å². The average Bonchev–Trinajstić information content (AvgIpc) is 3.46. The van der Waals surface area contributed by atoms with Gasteiger partial charge >= 0.3 is 12.0 Å². The van der Waals surface area contributed by atoms with Crippen LogP contribution in [0, 0.1) is 0 Å². The van der Waals surface area contributed by atoms with Gasteiger partial charge in [-0.25, -0.2) is 15.1 Å². The van der Waals surface area contributed by atoms with E-state index in [0.717, 1.165) is 56.1 Å². The summed E-state index contributed by atoms with van der Waals surface area (Å²) >= 11 is 0. The van der Waals surface area contributed by atoms with E-state index >= 15 is 0 Å². The first kappa shape index (κ1) is 29.8. The molecule has 3 amide bonds. The molecule has 0 saturated heterocycles. The Hall–Kier alpha value is -3.72. The summed E-state index contributed by atoms with van der Waals surface area (Å²) in [7, 11) is 0. The third-order valence-corrected chi connectivity index (χ3v) is 6.81. The van der Waals surface area contributed by atoms with Crippen molar-refractivity contribution in [3.63, 3.8) is 0 Å². The molecular weight excluding hydrogens is 498 g/mol. The van der Waals surface area contributed by atoms with Crippen LogP contribution in [0.1, 0.15) is 86.9 Å². The van der Waals surface area contributed by atoms with Gasteiger partial charge in [0.15, 0.2) is 6.04 Å². The predicted molar refractivity (Wildman–Crippen MR) is 146 cm³/mol. The van der Waals surface area contributed by atoms with Crippen molar-refractivity contribution >= 4 is 23.7 Å². The van der Waals surface area contributed by atoms with Gasteiger partial charge in [-0.15, -0.1) is 0 Å². The van der Waals surface area contributed by atoms with Crippen LogP contribution in [0.25, 0.3) is 0 Å². The highest BCUT2D eigenvalue weighted by Crippen LogP contribution is 2.24. The lowest BCUT2D eigenvalue weighted by Gasteiger charge is -2.21. The average molecular weight is 538 g/mol. The van der Waals surface area contributed by atoms with E-state index in [1.807, 2.05) is 42.5 Å². The number of ketones is 1. The molecule has 1 saturated carbocycles. The lowest BCUT2D eigenvalue weighted by atomic mass is 10.0. The monoisotopic (exact) mass is 537 g/mol. The smallest absolute Gasteiger partial charge is 0.333 e. The van der Waals surface area contributed by atoms with Gasteiger partial charge in [-0.3, -0.25) is 14.8 Å². The van der Waals surface area contributed by atoms with E-state index in [0.29, 0.717) is 24.8 Å². The number of Topliss-reactive ketones (excluding diaryl/α,β-unsaturated/α-hetero) is 1. The number of esters is 1. The van der Waals surface area contributed by atoms with E-state index in [9.17, 15) is 19.2 Å². The normalized spacial score (nSPS) is 13.9. The summed E-state index contributed by atoms with van der Waals surface area (Å²) in [4.78, 5) is 49.0. The number of amides is 3. The number of ether oxygens (including phenoxy) is 1. The summed E-state index contributed by atoms with van der Waals surface area (Å²) in [6, 6.07) is 15.2. The van der Waals surface area contributed by atoms with Gasteiger partial charge < -0.3 is 15.4 Å². The van der Waals surface area contributed by atoms with Crippen LogP contribution in [-0.4, -0.2) is 35.0 Å². The second-order valence-corrected chi connectivity index (χ2v) is 10.00. The second kappa shape index (κ2) is 16.3. The molecule has 1 fully saturated rings. The zero-order valence-electron chi connectivity index (χ0n) is 22.3. The highest BCUT2D eigenvalue weighted by Gasteiger charge is 2.28. The number of rotatable bonds is 15. The van der Waals surface area contributed by atoms with Gasteiger partial charge in [0, 0.05) is 25.8 Å². The van der Waals surface area contributed by atoms with Crippen LogP contribution in [0.2, 0.25) is 0 Å². The molecule has 9 nitrogen and oxygen atoms in total. The van der Waals surface area contributed by atoms with E-state index in [2.05, 4.69) is 10.6 Å². The van der Waals surface area contributed by atoms with Crippen LogP contribution in [-0.2, 0) is 32.1 Å². The van der Waals surface area contributed by atoms with E-state index in [1.54, 1.807) is 17.6 Å². The Morgan fingerprint density at radius 3 is 2.28 bits per heavy atom. The minimum absolute atomic E-state index is 0.0980. The van der Waals surface area contributed by atoms with Crippen LogP contribution in [0.5, 0.6) is 0 Å². The Kier molecular flexibility index (Phi) is 12.5. The van der Waals surface area contributed by atoms with Gasteiger partial charge in [0.1, 0.15) is 11.9 Å². The first-order chi connectivity index (χ1) is 18.9. The molecule has 3 rings (SSSR count). The Balaban J connectivity index is 1.44. The van der Waals surface area contributed by atoms with E-state index in [4.69, 9.17) is 9.94 Å². The fourth-order valence-electron chi connectivity index (χ4n) is 4.71. The lowest BCUT2D eigenvalue weighted by molar-refractivity contribution is -0.151. The van der Waals surface area contributed by atoms with Crippen molar-refractivity contribution in [3.05, 3.63) is 71.3 Å².